The average molecular weight is 404 g/mol. The number of carbonyl (C=O) groups is 1. The third-order valence-electron chi connectivity index (χ3n) is 5.13. The molecule has 0 saturated carbocycles. The summed E-state index contributed by atoms with van der Waals surface area (Å²) in [5, 5.41) is 9.76. The van der Waals surface area contributed by atoms with E-state index in [1.807, 2.05) is 32.9 Å². The lowest BCUT2D eigenvalue weighted by Gasteiger charge is -2.39. The molecule has 2 aromatic heterocycles. The van der Waals surface area contributed by atoms with Gasteiger partial charge >= 0.3 is 6.09 Å². The van der Waals surface area contributed by atoms with Crippen LogP contribution in [0.4, 0.5) is 10.6 Å². The van der Waals surface area contributed by atoms with Gasteiger partial charge in [-0.2, -0.15) is 4.98 Å². The molecular weight excluding hydrogens is 378 g/mol. The number of carboxylic acid groups (broad SMARTS) is 1. The lowest BCUT2D eigenvalue weighted by Crippen LogP contribution is -2.49. The molecule has 28 heavy (non-hydrogen) atoms. The molecule has 0 aliphatic carbocycles. The summed E-state index contributed by atoms with van der Waals surface area (Å²) in [5.41, 5.74) is 1.51. The van der Waals surface area contributed by atoms with Crippen molar-refractivity contribution in [2.45, 2.75) is 39.2 Å². The number of pyridine rings is 1. The molecule has 0 aromatic carbocycles. The van der Waals surface area contributed by atoms with Crippen molar-refractivity contribution in [2.24, 2.45) is 5.92 Å². The van der Waals surface area contributed by atoms with Crippen molar-refractivity contribution in [3.63, 3.8) is 0 Å². The maximum Gasteiger partial charge on any atom is 0.407 e. The van der Waals surface area contributed by atoms with Gasteiger partial charge in [-0.25, -0.2) is 9.78 Å². The molecular formula is C20H26ClN5O2. The molecule has 1 N–H and O–H groups in total. The molecule has 1 saturated heterocycles. The first kappa shape index (κ1) is 20.3. The molecule has 1 aliphatic heterocycles. The molecule has 2 aromatic rings. The molecule has 150 valence electrons. The van der Waals surface area contributed by atoms with Crippen molar-refractivity contribution in [3.8, 4) is 11.1 Å². The van der Waals surface area contributed by atoms with Gasteiger partial charge in [0.2, 0.25) is 5.28 Å². The molecule has 7 nitrogen and oxygen atoms in total. The van der Waals surface area contributed by atoms with E-state index in [2.05, 4.69) is 19.9 Å². The molecule has 0 radical (unpaired) electrons. The van der Waals surface area contributed by atoms with Crippen molar-refractivity contribution in [1.82, 2.24) is 19.9 Å². The predicted octanol–water partition coefficient (Wildman–Crippen LogP) is 4.19. The number of halogens is 1. The highest BCUT2D eigenvalue weighted by Crippen LogP contribution is 2.32. The van der Waals surface area contributed by atoms with Gasteiger partial charge in [0.05, 0.1) is 0 Å². The van der Waals surface area contributed by atoms with E-state index in [1.54, 1.807) is 18.6 Å². The van der Waals surface area contributed by atoms with Crippen LogP contribution in [0.25, 0.3) is 11.1 Å². The van der Waals surface area contributed by atoms with E-state index in [1.165, 1.54) is 4.90 Å². The summed E-state index contributed by atoms with van der Waals surface area (Å²) in [6.07, 6.45) is 6.17. The number of amides is 1. The third kappa shape index (κ3) is 4.70. The van der Waals surface area contributed by atoms with Gasteiger partial charge in [-0.3, -0.25) is 4.98 Å². The quantitative estimate of drug-likeness (QED) is 0.771. The Morgan fingerprint density at radius 2 is 1.93 bits per heavy atom. The number of hydrogen-bond donors (Lipinski definition) is 1. The van der Waals surface area contributed by atoms with Crippen LogP contribution >= 0.6 is 11.6 Å². The fourth-order valence-corrected chi connectivity index (χ4v) is 3.68. The summed E-state index contributed by atoms with van der Waals surface area (Å²) in [5.74, 6) is 1.14. The Labute approximate surface area is 170 Å². The first-order valence-corrected chi connectivity index (χ1v) is 9.82. The van der Waals surface area contributed by atoms with Gasteiger partial charge in [0, 0.05) is 49.3 Å². The second-order valence-corrected chi connectivity index (χ2v) is 8.44. The van der Waals surface area contributed by atoms with E-state index in [0.717, 1.165) is 42.9 Å². The summed E-state index contributed by atoms with van der Waals surface area (Å²) < 4.78 is 0. The summed E-state index contributed by atoms with van der Waals surface area (Å²) >= 11 is 6.07. The standard InChI is InChI=1S/C20H26ClN5O2/c1-20(2,3)26(19(27)28)13-14-6-10-25(11-7-14)17-16(12-23-18(21)24-17)15-4-8-22-9-5-15/h4-5,8-9,12,14H,6-7,10-11,13H2,1-3H3,(H,27,28). The van der Waals surface area contributed by atoms with Gasteiger partial charge < -0.3 is 14.9 Å². The Kier molecular flexibility index (Phi) is 6.03. The number of piperidine rings is 1. The SMILES string of the molecule is CC(C)(C)N(CC1CCN(c2nc(Cl)ncc2-c2ccncc2)CC1)C(=O)O. The molecule has 0 unspecified atom stereocenters. The molecule has 3 heterocycles. The molecule has 1 aliphatic rings. The van der Waals surface area contributed by atoms with Crippen molar-refractivity contribution in [2.75, 3.05) is 24.5 Å². The number of anilines is 1. The third-order valence-corrected chi connectivity index (χ3v) is 5.31. The Morgan fingerprint density at radius 3 is 2.50 bits per heavy atom. The molecule has 0 bridgehead atoms. The Bertz CT molecular complexity index is 817. The normalized spacial score (nSPS) is 15.5. The van der Waals surface area contributed by atoms with Crippen LogP contribution in [0.1, 0.15) is 33.6 Å². The average Bonchev–Trinajstić information content (AvgIpc) is 2.66. The highest BCUT2D eigenvalue weighted by molar-refractivity contribution is 6.28. The zero-order valence-electron chi connectivity index (χ0n) is 16.5. The van der Waals surface area contributed by atoms with Gasteiger partial charge in [0.25, 0.3) is 0 Å². The first-order valence-electron chi connectivity index (χ1n) is 9.44. The van der Waals surface area contributed by atoms with Crippen LogP contribution in [-0.2, 0) is 0 Å². The molecule has 0 atom stereocenters. The summed E-state index contributed by atoms with van der Waals surface area (Å²) in [6, 6.07) is 3.85. The molecule has 3 rings (SSSR count). The minimum Gasteiger partial charge on any atom is -0.465 e. The molecule has 8 heteroatoms. The highest BCUT2D eigenvalue weighted by Gasteiger charge is 2.31. The van der Waals surface area contributed by atoms with Crippen LogP contribution in [-0.4, -0.2) is 56.2 Å². The summed E-state index contributed by atoms with van der Waals surface area (Å²) in [6.45, 7) is 7.94. The topological polar surface area (TPSA) is 82.5 Å². The van der Waals surface area contributed by atoms with Crippen molar-refractivity contribution >= 4 is 23.5 Å². The zero-order chi connectivity index (χ0) is 20.3. The number of hydrogen-bond acceptors (Lipinski definition) is 5. The van der Waals surface area contributed by atoms with Gasteiger partial charge in [-0.1, -0.05) is 0 Å². The van der Waals surface area contributed by atoms with Crippen LogP contribution in [0, 0.1) is 5.92 Å². The van der Waals surface area contributed by atoms with Crippen LogP contribution in [0.3, 0.4) is 0 Å². The lowest BCUT2D eigenvalue weighted by atomic mass is 9.94. The minimum atomic E-state index is -0.863. The van der Waals surface area contributed by atoms with Crippen LogP contribution in [0.2, 0.25) is 5.28 Å². The molecule has 1 fully saturated rings. The van der Waals surface area contributed by atoms with Crippen LogP contribution in [0.5, 0.6) is 0 Å². The van der Waals surface area contributed by atoms with Crippen LogP contribution in [0.15, 0.2) is 30.7 Å². The van der Waals surface area contributed by atoms with E-state index in [9.17, 15) is 9.90 Å². The van der Waals surface area contributed by atoms with E-state index >= 15 is 0 Å². The van der Waals surface area contributed by atoms with E-state index in [4.69, 9.17) is 11.6 Å². The second-order valence-electron chi connectivity index (χ2n) is 8.11. The second kappa shape index (κ2) is 8.31. The Balaban J connectivity index is 1.74. The molecule has 0 spiro atoms. The Morgan fingerprint density at radius 1 is 1.29 bits per heavy atom. The van der Waals surface area contributed by atoms with Gasteiger partial charge in [-0.15, -0.1) is 0 Å². The van der Waals surface area contributed by atoms with Crippen LogP contribution < -0.4 is 4.90 Å². The number of rotatable bonds is 4. The number of aromatic nitrogens is 3. The number of nitrogens with zero attached hydrogens (tertiary/aromatic N) is 5. The van der Waals surface area contributed by atoms with E-state index < -0.39 is 11.6 Å². The fraction of sp³-hybridized carbons (Fsp3) is 0.500. The first-order chi connectivity index (χ1) is 13.3. The summed E-state index contributed by atoms with van der Waals surface area (Å²) in [4.78, 5) is 28.1. The predicted molar refractivity (Wildman–Crippen MR) is 110 cm³/mol. The highest BCUT2D eigenvalue weighted by atomic mass is 35.5. The van der Waals surface area contributed by atoms with Gasteiger partial charge in [0.1, 0.15) is 5.82 Å². The Hall–Kier alpha value is -2.41. The van der Waals surface area contributed by atoms with Crippen molar-refractivity contribution < 1.29 is 9.90 Å². The maximum atomic E-state index is 11.6. The summed E-state index contributed by atoms with van der Waals surface area (Å²) in [7, 11) is 0. The zero-order valence-corrected chi connectivity index (χ0v) is 17.2. The van der Waals surface area contributed by atoms with E-state index in [0.29, 0.717) is 12.5 Å². The van der Waals surface area contributed by atoms with E-state index in [-0.39, 0.29) is 5.28 Å². The van der Waals surface area contributed by atoms with Gasteiger partial charge in [-0.05, 0) is 68.8 Å². The largest absolute Gasteiger partial charge is 0.465 e. The van der Waals surface area contributed by atoms with Crippen molar-refractivity contribution in [3.05, 3.63) is 36.0 Å². The smallest absolute Gasteiger partial charge is 0.407 e. The maximum absolute atomic E-state index is 11.6. The lowest BCUT2D eigenvalue weighted by molar-refractivity contribution is 0.0852. The fourth-order valence-electron chi connectivity index (χ4n) is 3.55. The monoisotopic (exact) mass is 403 g/mol. The van der Waals surface area contributed by atoms with Crippen molar-refractivity contribution in [1.29, 1.82) is 0 Å². The van der Waals surface area contributed by atoms with Gasteiger partial charge in [0.15, 0.2) is 0 Å². The minimum absolute atomic E-state index is 0.222. The molecule has 1 amide bonds.